The van der Waals surface area contributed by atoms with Crippen molar-refractivity contribution in [2.75, 3.05) is 13.2 Å². The molecule has 3 heteroatoms. The van der Waals surface area contributed by atoms with E-state index in [-0.39, 0.29) is 11.9 Å². The summed E-state index contributed by atoms with van der Waals surface area (Å²) in [6.45, 7) is 8.43. The second-order valence-corrected chi connectivity index (χ2v) is 6.68. The van der Waals surface area contributed by atoms with Crippen molar-refractivity contribution in [3.8, 4) is 0 Å². The Morgan fingerprint density at radius 1 is 1.24 bits per heavy atom. The summed E-state index contributed by atoms with van der Waals surface area (Å²) >= 11 is 0. The summed E-state index contributed by atoms with van der Waals surface area (Å²) in [6, 6.07) is 0. The summed E-state index contributed by atoms with van der Waals surface area (Å²) in [6.07, 6.45) is 5.69. The zero-order valence-corrected chi connectivity index (χ0v) is 11.5. The maximum atomic E-state index is 6.09. The molecule has 0 aromatic heterocycles. The van der Waals surface area contributed by atoms with Gasteiger partial charge in [0, 0.05) is 12.8 Å². The lowest BCUT2D eigenvalue weighted by Gasteiger charge is -2.41. The highest BCUT2D eigenvalue weighted by molar-refractivity contribution is 4.88. The first kappa shape index (κ1) is 13.3. The van der Waals surface area contributed by atoms with Gasteiger partial charge in [0.15, 0.2) is 5.79 Å². The molecule has 100 valence electrons. The van der Waals surface area contributed by atoms with Crippen molar-refractivity contribution in [3.05, 3.63) is 0 Å². The van der Waals surface area contributed by atoms with Gasteiger partial charge in [-0.05, 0) is 37.1 Å². The predicted octanol–water partition coefficient (Wildman–Crippen LogP) is 2.68. The first-order valence-electron chi connectivity index (χ1n) is 6.97. The third-order valence-electron chi connectivity index (χ3n) is 4.37. The minimum absolute atomic E-state index is 0.228. The second kappa shape index (κ2) is 4.87. The van der Waals surface area contributed by atoms with Gasteiger partial charge in [0.25, 0.3) is 0 Å². The highest BCUT2D eigenvalue weighted by atomic mass is 16.7. The van der Waals surface area contributed by atoms with E-state index >= 15 is 0 Å². The lowest BCUT2D eigenvalue weighted by molar-refractivity contribution is -0.196. The largest absolute Gasteiger partial charge is 0.347 e. The van der Waals surface area contributed by atoms with E-state index in [1.54, 1.807) is 0 Å². The molecule has 0 bridgehead atoms. The van der Waals surface area contributed by atoms with Gasteiger partial charge in [-0.15, -0.1) is 0 Å². The van der Waals surface area contributed by atoms with Crippen LogP contribution in [-0.2, 0) is 9.47 Å². The average molecular weight is 241 g/mol. The van der Waals surface area contributed by atoms with Crippen LogP contribution in [0.2, 0.25) is 0 Å². The summed E-state index contributed by atoms with van der Waals surface area (Å²) < 4.78 is 12.0. The van der Waals surface area contributed by atoms with Crippen LogP contribution in [0.15, 0.2) is 0 Å². The van der Waals surface area contributed by atoms with Gasteiger partial charge in [0.2, 0.25) is 0 Å². The smallest absolute Gasteiger partial charge is 0.168 e. The molecule has 1 heterocycles. The van der Waals surface area contributed by atoms with E-state index in [1.165, 1.54) is 12.8 Å². The topological polar surface area (TPSA) is 44.5 Å². The molecule has 0 amide bonds. The Morgan fingerprint density at radius 2 is 1.88 bits per heavy atom. The fourth-order valence-electron chi connectivity index (χ4n) is 3.13. The summed E-state index contributed by atoms with van der Waals surface area (Å²) in [5.41, 5.74) is 5.98. The first-order valence-corrected chi connectivity index (χ1v) is 6.97. The zero-order valence-electron chi connectivity index (χ0n) is 11.5. The molecule has 0 aromatic carbocycles. The Balaban J connectivity index is 1.87. The van der Waals surface area contributed by atoms with E-state index in [4.69, 9.17) is 15.2 Å². The van der Waals surface area contributed by atoms with E-state index < -0.39 is 0 Å². The summed E-state index contributed by atoms with van der Waals surface area (Å²) in [4.78, 5) is 0. The molecule has 0 aromatic rings. The maximum absolute atomic E-state index is 6.09. The van der Waals surface area contributed by atoms with Crippen LogP contribution in [0.4, 0.5) is 0 Å². The Morgan fingerprint density at radius 3 is 2.41 bits per heavy atom. The van der Waals surface area contributed by atoms with Crippen molar-refractivity contribution < 1.29 is 9.47 Å². The highest BCUT2D eigenvalue weighted by Crippen LogP contribution is 2.45. The molecule has 1 aliphatic carbocycles. The van der Waals surface area contributed by atoms with Crippen LogP contribution in [0.25, 0.3) is 0 Å². The highest BCUT2D eigenvalue weighted by Gasteiger charge is 2.45. The summed E-state index contributed by atoms with van der Waals surface area (Å²) in [5.74, 6) is 0.538. The molecule has 17 heavy (non-hydrogen) atoms. The molecule has 1 saturated carbocycles. The first-order chi connectivity index (χ1) is 7.95. The Bertz CT molecular complexity index is 251. The molecule has 1 saturated heterocycles. The molecule has 2 aliphatic rings. The van der Waals surface area contributed by atoms with Crippen molar-refractivity contribution in [1.29, 1.82) is 0 Å². The lowest BCUT2D eigenvalue weighted by atomic mass is 9.71. The molecule has 0 radical (unpaired) electrons. The van der Waals surface area contributed by atoms with Gasteiger partial charge >= 0.3 is 0 Å². The molecule has 1 unspecified atom stereocenters. The van der Waals surface area contributed by atoms with Gasteiger partial charge in [0.1, 0.15) is 0 Å². The summed E-state index contributed by atoms with van der Waals surface area (Å²) in [5, 5.41) is 0. The van der Waals surface area contributed by atoms with Crippen molar-refractivity contribution in [2.45, 2.75) is 64.8 Å². The monoisotopic (exact) mass is 241 g/mol. The van der Waals surface area contributed by atoms with E-state index in [0.717, 1.165) is 31.8 Å². The number of ether oxygens (including phenoxy) is 2. The van der Waals surface area contributed by atoms with Gasteiger partial charge in [-0.3, -0.25) is 0 Å². The van der Waals surface area contributed by atoms with Crippen molar-refractivity contribution in [1.82, 2.24) is 0 Å². The van der Waals surface area contributed by atoms with Crippen molar-refractivity contribution in [3.63, 3.8) is 0 Å². The maximum Gasteiger partial charge on any atom is 0.168 e. The SMILES string of the molecule is CC(C)(C)C1CCC2(CC1)OCC(CCN)O2. The number of hydrogen-bond acceptors (Lipinski definition) is 3. The Hall–Kier alpha value is -0.120. The van der Waals surface area contributed by atoms with E-state index in [0.29, 0.717) is 12.0 Å². The fraction of sp³-hybridized carbons (Fsp3) is 1.00. The van der Waals surface area contributed by atoms with Gasteiger partial charge in [-0.25, -0.2) is 0 Å². The minimum atomic E-state index is -0.262. The van der Waals surface area contributed by atoms with Crippen LogP contribution in [0.1, 0.15) is 52.9 Å². The van der Waals surface area contributed by atoms with Gasteiger partial charge in [-0.1, -0.05) is 20.8 Å². The lowest BCUT2D eigenvalue weighted by Crippen LogP contribution is -2.38. The fourth-order valence-corrected chi connectivity index (χ4v) is 3.13. The molecular weight excluding hydrogens is 214 g/mol. The van der Waals surface area contributed by atoms with Crippen molar-refractivity contribution in [2.24, 2.45) is 17.1 Å². The molecule has 2 fully saturated rings. The van der Waals surface area contributed by atoms with Crippen LogP contribution in [0.5, 0.6) is 0 Å². The van der Waals surface area contributed by atoms with E-state index in [2.05, 4.69) is 20.8 Å². The van der Waals surface area contributed by atoms with Crippen LogP contribution in [-0.4, -0.2) is 25.0 Å². The van der Waals surface area contributed by atoms with Gasteiger partial charge < -0.3 is 15.2 Å². The van der Waals surface area contributed by atoms with Gasteiger partial charge in [-0.2, -0.15) is 0 Å². The Labute approximate surface area is 105 Å². The van der Waals surface area contributed by atoms with Crippen LogP contribution >= 0.6 is 0 Å². The van der Waals surface area contributed by atoms with Crippen LogP contribution < -0.4 is 5.73 Å². The molecular formula is C14H27NO2. The third-order valence-corrected chi connectivity index (χ3v) is 4.37. The predicted molar refractivity (Wildman–Crippen MR) is 68.6 cm³/mol. The zero-order chi connectivity index (χ0) is 12.5. The third kappa shape index (κ3) is 3.01. The van der Waals surface area contributed by atoms with E-state index in [9.17, 15) is 0 Å². The second-order valence-electron chi connectivity index (χ2n) is 6.68. The normalized spacial score (nSPS) is 38.8. The number of nitrogens with two attached hydrogens (primary N) is 1. The van der Waals surface area contributed by atoms with Crippen LogP contribution in [0.3, 0.4) is 0 Å². The molecule has 1 atom stereocenters. The molecule has 2 N–H and O–H groups in total. The quantitative estimate of drug-likeness (QED) is 0.808. The molecule has 1 spiro atoms. The van der Waals surface area contributed by atoms with Crippen molar-refractivity contribution >= 4 is 0 Å². The average Bonchev–Trinajstić information content (AvgIpc) is 2.61. The number of rotatable bonds is 2. The standard InChI is InChI=1S/C14H27NO2/c1-13(2,3)11-4-7-14(8-5-11)16-10-12(17-14)6-9-15/h11-12H,4-10,15H2,1-3H3. The van der Waals surface area contributed by atoms with Crippen LogP contribution in [0, 0.1) is 11.3 Å². The molecule has 3 nitrogen and oxygen atoms in total. The summed E-state index contributed by atoms with van der Waals surface area (Å²) in [7, 11) is 0. The molecule has 2 rings (SSSR count). The Kier molecular flexibility index (Phi) is 3.81. The van der Waals surface area contributed by atoms with Gasteiger partial charge in [0.05, 0.1) is 12.7 Å². The minimum Gasteiger partial charge on any atom is -0.347 e. The van der Waals surface area contributed by atoms with E-state index in [1.807, 2.05) is 0 Å². The molecule has 1 aliphatic heterocycles. The number of hydrogen-bond donors (Lipinski definition) is 1.